The van der Waals surface area contributed by atoms with Crippen LogP contribution in [-0.4, -0.2) is 31.9 Å². The van der Waals surface area contributed by atoms with E-state index in [-0.39, 0.29) is 11.3 Å². The van der Waals surface area contributed by atoms with Gasteiger partial charge in [-0.25, -0.2) is 4.79 Å². The van der Waals surface area contributed by atoms with Crippen molar-refractivity contribution in [3.8, 4) is 0 Å². The summed E-state index contributed by atoms with van der Waals surface area (Å²) in [5.74, 6) is -2.63. The zero-order valence-corrected chi connectivity index (χ0v) is 13.7. The van der Waals surface area contributed by atoms with Crippen molar-refractivity contribution >= 4 is 17.7 Å². The van der Waals surface area contributed by atoms with Crippen LogP contribution < -0.4 is 5.32 Å². The van der Waals surface area contributed by atoms with E-state index in [1.807, 2.05) is 30.3 Å². The van der Waals surface area contributed by atoms with Gasteiger partial charge in [-0.3, -0.25) is 9.59 Å². The fourth-order valence-corrected chi connectivity index (χ4v) is 2.09. The van der Waals surface area contributed by atoms with Crippen molar-refractivity contribution in [2.24, 2.45) is 5.92 Å². The molecule has 1 atom stereocenters. The van der Waals surface area contributed by atoms with Crippen LogP contribution >= 0.6 is 0 Å². The highest BCUT2D eigenvalue weighted by Crippen LogP contribution is 2.17. The molecule has 0 bridgehead atoms. The lowest BCUT2D eigenvalue weighted by Gasteiger charge is -2.19. The van der Waals surface area contributed by atoms with Crippen LogP contribution in [0.25, 0.3) is 0 Å². The predicted molar refractivity (Wildman–Crippen MR) is 84.2 cm³/mol. The smallest absolute Gasteiger partial charge is 0.343 e. The van der Waals surface area contributed by atoms with Crippen molar-refractivity contribution in [2.45, 2.75) is 20.4 Å². The maximum Gasteiger partial charge on any atom is 0.343 e. The molecular weight excluding hydrogens is 298 g/mol. The fraction of sp³-hybridized carbons (Fsp3) is 0.353. The third kappa shape index (κ3) is 4.95. The Morgan fingerprint density at radius 1 is 1.09 bits per heavy atom. The zero-order valence-electron chi connectivity index (χ0n) is 13.7. The Hall–Kier alpha value is -2.63. The average molecular weight is 319 g/mol. The molecule has 0 aliphatic heterocycles. The van der Waals surface area contributed by atoms with Gasteiger partial charge in [-0.1, -0.05) is 30.3 Å². The molecule has 1 unspecified atom stereocenters. The molecule has 0 saturated heterocycles. The highest BCUT2D eigenvalue weighted by Gasteiger charge is 2.28. The van der Waals surface area contributed by atoms with Crippen LogP contribution in [0.15, 0.2) is 41.6 Å². The summed E-state index contributed by atoms with van der Waals surface area (Å²) in [7, 11) is 2.43. The monoisotopic (exact) mass is 319 g/mol. The molecule has 23 heavy (non-hydrogen) atoms. The van der Waals surface area contributed by atoms with Gasteiger partial charge in [0, 0.05) is 12.2 Å². The highest BCUT2D eigenvalue weighted by molar-refractivity contribution is 6.17. The summed E-state index contributed by atoms with van der Waals surface area (Å²) in [6.45, 7) is 3.16. The van der Waals surface area contributed by atoms with E-state index in [0.717, 1.165) is 5.56 Å². The fourth-order valence-electron chi connectivity index (χ4n) is 2.09. The largest absolute Gasteiger partial charge is 0.469 e. The lowest BCUT2D eigenvalue weighted by Crippen LogP contribution is -2.30. The van der Waals surface area contributed by atoms with E-state index in [1.54, 1.807) is 6.92 Å². The second-order valence-corrected chi connectivity index (χ2v) is 4.92. The minimum Gasteiger partial charge on any atom is -0.469 e. The maximum atomic E-state index is 11.9. The van der Waals surface area contributed by atoms with E-state index in [9.17, 15) is 14.4 Å². The topological polar surface area (TPSA) is 81.7 Å². The molecule has 6 heteroatoms. The summed E-state index contributed by atoms with van der Waals surface area (Å²) in [5, 5.41) is 3.00. The number of benzene rings is 1. The van der Waals surface area contributed by atoms with Gasteiger partial charge in [0.15, 0.2) is 5.78 Å². The van der Waals surface area contributed by atoms with Crippen LogP contribution in [0.2, 0.25) is 0 Å². The molecule has 0 amide bonds. The van der Waals surface area contributed by atoms with E-state index in [4.69, 9.17) is 4.74 Å². The molecular formula is C17H21NO5. The molecule has 0 fully saturated rings. The van der Waals surface area contributed by atoms with Crippen molar-refractivity contribution in [3.63, 3.8) is 0 Å². The number of methoxy groups -OCH3 is 2. The van der Waals surface area contributed by atoms with E-state index in [0.29, 0.717) is 6.54 Å². The summed E-state index contributed by atoms with van der Waals surface area (Å²) < 4.78 is 9.37. The van der Waals surface area contributed by atoms with Crippen molar-refractivity contribution in [2.75, 3.05) is 14.2 Å². The SMILES string of the molecule is COC(=O)/C(C(C)=O)=C(\NCc1ccccc1)C(C)C(=O)OC. The number of esters is 2. The van der Waals surface area contributed by atoms with Gasteiger partial charge < -0.3 is 14.8 Å². The second kappa shape index (κ2) is 8.73. The van der Waals surface area contributed by atoms with Crippen LogP contribution in [0.1, 0.15) is 19.4 Å². The molecule has 0 aliphatic carbocycles. The van der Waals surface area contributed by atoms with E-state index in [1.165, 1.54) is 21.1 Å². The van der Waals surface area contributed by atoms with Crippen molar-refractivity contribution in [1.82, 2.24) is 5.32 Å². The molecule has 6 nitrogen and oxygen atoms in total. The van der Waals surface area contributed by atoms with Crippen molar-refractivity contribution < 1.29 is 23.9 Å². The first kappa shape index (κ1) is 18.4. The first-order chi connectivity index (χ1) is 10.9. The standard InChI is InChI=1S/C17H21NO5/c1-11(16(20)22-3)15(14(12(2)19)17(21)23-4)18-10-13-8-6-5-7-9-13/h5-9,11,18H,10H2,1-4H3/b15-14-. The summed E-state index contributed by atoms with van der Waals surface area (Å²) in [6, 6.07) is 9.40. The first-order valence-corrected chi connectivity index (χ1v) is 7.11. The number of ketones is 1. The molecule has 1 aromatic carbocycles. The van der Waals surface area contributed by atoms with Crippen molar-refractivity contribution in [1.29, 1.82) is 0 Å². The van der Waals surface area contributed by atoms with Gasteiger partial charge in [-0.05, 0) is 19.4 Å². The minimum atomic E-state index is -0.804. The predicted octanol–water partition coefficient (Wildman–Crippen LogP) is 1.60. The summed E-state index contributed by atoms with van der Waals surface area (Å²) in [6.07, 6.45) is 0. The number of carbonyl (C=O) groups excluding carboxylic acids is 3. The van der Waals surface area contributed by atoms with Gasteiger partial charge in [0.05, 0.1) is 20.1 Å². The highest BCUT2D eigenvalue weighted by atomic mass is 16.5. The van der Waals surface area contributed by atoms with Crippen LogP contribution in [-0.2, 0) is 30.4 Å². The number of nitrogens with one attached hydrogen (secondary N) is 1. The summed E-state index contributed by atoms with van der Waals surface area (Å²) in [4.78, 5) is 35.6. The van der Waals surface area contributed by atoms with Gasteiger partial charge in [0.1, 0.15) is 5.57 Å². The second-order valence-electron chi connectivity index (χ2n) is 4.92. The van der Waals surface area contributed by atoms with Gasteiger partial charge in [-0.15, -0.1) is 0 Å². The molecule has 124 valence electrons. The number of Topliss-reactive ketones (excluding diaryl/α,β-unsaturated/α-hetero) is 1. The molecule has 0 aromatic heterocycles. The van der Waals surface area contributed by atoms with Crippen LogP contribution in [0.4, 0.5) is 0 Å². The number of carbonyl (C=O) groups is 3. The Kier molecular flexibility index (Phi) is 6.99. The van der Waals surface area contributed by atoms with E-state index < -0.39 is 23.6 Å². The summed E-state index contributed by atoms with van der Waals surface area (Å²) >= 11 is 0. The molecule has 0 aliphatic rings. The van der Waals surface area contributed by atoms with Crippen LogP contribution in [0.5, 0.6) is 0 Å². The molecule has 1 N–H and O–H groups in total. The zero-order chi connectivity index (χ0) is 17.4. The maximum absolute atomic E-state index is 11.9. The average Bonchev–Trinajstić information content (AvgIpc) is 2.57. The minimum absolute atomic E-state index is 0.179. The Morgan fingerprint density at radius 2 is 1.70 bits per heavy atom. The van der Waals surface area contributed by atoms with Gasteiger partial charge in [-0.2, -0.15) is 0 Å². The lowest BCUT2D eigenvalue weighted by atomic mass is 9.99. The van der Waals surface area contributed by atoms with Gasteiger partial charge in [0.25, 0.3) is 0 Å². The van der Waals surface area contributed by atoms with Crippen LogP contribution in [0, 0.1) is 5.92 Å². The van der Waals surface area contributed by atoms with Gasteiger partial charge in [0.2, 0.25) is 0 Å². The van der Waals surface area contributed by atoms with E-state index in [2.05, 4.69) is 10.1 Å². The normalized spacial score (nSPS) is 12.7. The number of hydrogen-bond donors (Lipinski definition) is 1. The first-order valence-electron chi connectivity index (χ1n) is 7.11. The molecule has 0 heterocycles. The number of hydrogen-bond acceptors (Lipinski definition) is 6. The van der Waals surface area contributed by atoms with Crippen molar-refractivity contribution in [3.05, 3.63) is 47.2 Å². The Morgan fingerprint density at radius 3 is 2.17 bits per heavy atom. The molecule has 0 radical (unpaired) electrons. The number of rotatable bonds is 7. The summed E-state index contributed by atoms with van der Waals surface area (Å²) in [5.41, 5.74) is 0.955. The number of ether oxygens (including phenoxy) is 2. The van der Waals surface area contributed by atoms with Crippen LogP contribution in [0.3, 0.4) is 0 Å². The Bertz CT molecular complexity index is 607. The molecule has 1 aromatic rings. The van der Waals surface area contributed by atoms with Gasteiger partial charge >= 0.3 is 11.9 Å². The molecule has 0 saturated carbocycles. The Labute approximate surface area is 135 Å². The Balaban J connectivity index is 3.21. The molecule has 1 rings (SSSR count). The molecule has 0 spiro atoms. The quantitative estimate of drug-likeness (QED) is 0.356. The third-order valence-electron chi connectivity index (χ3n) is 3.32. The van der Waals surface area contributed by atoms with E-state index >= 15 is 0 Å². The lowest BCUT2D eigenvalue weighted by molar-refractivity contribution is -0.143. The third-order valence-corrected chi connectivity index (χ3v) is 3.32.